The summed E-state index contributed by atoms with van der Waals surface area (Å²) in [5.41, 5.74) is 3.17. The third-order valence-corrected chi connectivity index (χ3v) is 4.56. The Morgan fingerprint density at radius 3 is 2.60 bits per heavy atom. The van der Waals surface area contributed by atoms with Crippen molar-refractivity contribution in [2.24, 2.45) is 4.99 Å². The van der Waals surface area contributed by atoms with Crippen LogP contribution in [0.25, 0.3) is 16.8 Å². The average molecular weight is 330 g/mol. The lowest BCUT2D eigenvalue weighted by Gasteiger charge is -2.18. The number of nitrogens with one attached hydrogen (secondary N) is 1. The first kappa shape index (κ1) is 15.7. The Labute approximate surface area is 147 Å². The summed E-state index contributed by atoms with van der Waals surface area (Å²) >= 11 is 0. The van der Waals surface area contributed by atoms with Crippen molar-refractivity contribution in [2.45, 2.75) is 27.2 Å². The highest BCUT2D eigenvalue weighted by atomic mass is 16.5. The van der Waals surface area contributed by atoms with Crippen molar-refractivity contribution < 1.29 is 4.74 Å². The maximum absolute atomic E-state index is 6.26. The van der Waals surface area contributed by atoms with Gasteiger partial charge < -0.3 is 10.1 Å². The Hall–Kier alpha value is -2.81. The van der Waals surface area contributed by atoms with Crippen molar-refractivity contribution in [1.82, 2.24) is 0 Å². The summed E-state index contributed by atoms with van der Waals surface area (Å²) in [6.07, 6.45) is 3.22. The third kappa shape index (κ3) is 2.66. The molecule has 0 amide bonds. The zero-order chi connectivity index (χ0) is 17.4. The minimum atomic E-state index is 0.812. The number of benzene rings is 3. The number of nitrogens with zero attached hydrogens (tertiary/aromatic N) is 1. The molecule has 0 aromatic heterocycles. The second kappa shape index (κ2) is 6.25. The van der Waals surface area contributed by atoms with Crippen LogP contribution in [0.1, 0.15) is 25.8 Å². The third-order valence-electron chi connectivity index (χ3n) is 4.56. The van der Waals surface area contributed by atoms with Crippen LogP contribution in [0.5, 0.6) is 11.5 Å². The van der Waals surface area contributed by atoms with Crippen LogP contribution in [0.15, 0.2) is 47.5 Å². The Morgan fingerprint density at radius 1 is 1.04 bits per heavy atom. The monoisotopic (exact) mass is 330 g/mol. The number of ether oxygens (including phenoxy) is 1. The van der Waals surface area contributed by atoms with E-state index in [1.807, 2.05) is 0 Å². The van der Waals surface area contributed by atoms with Crippen molar-refractivity contribution >= 4 is 28.2 Å². The predicted molar refractivity (Wildman–Crippen MR) is 105 cm³/mol. The molecule has 0 saturated heterocycles. The number of hydrogen-bond acceptors (Lipinski definition) is 3. The first-order chi connectivity index (χ1) is 12.2. The quantitative estimate of drug-likeness (QED) is 0.584. The summed E-state index contributed by atoms with van der Waals surface area (Å²) in [7, 11) is 0. The molecule has 3 aromatic rings. The van der Waals surface area contributed by atoms with E-state index in [4.69, 9.17) is 9.73 Å². The smallest absolute Gasteiger partial charge is 0.155 e. The van der Waals surface area contributed by atoms with Crippen LogP contribution in [-0.4, -0.2) is 6.54 Å². The molecule has 0 bridgehead atoms. The normalized spacial score (nSPS) is 13.0. The van der Waals surface area contributed by atoms with E-state index in [9.17, 15) is 0 Å². The molecule has 0 atom stereocenters. The largest absolute Gasteiger partial charge is 0.453 e. The van der Waals surface area contributed by atoms with E-state index in [1.54, 1.807) is 0 Å². The van der Waals surface area contributed by atoms with Gasteiger partial charge in [-0.2, -0.15) is 0 Å². The molecule has 1 N–H and O–H groups in total. The first-order valence-corrected chi connectivity index (χ1v) is 8.88. The van der Waals surface area contributed by atoms with E-state index in [2.05, 4.69) is 74.6 Å². The van der Waals surface area contributed by atoms with Gasteiger partial charge in [0.05, 0.1) is 0 Å². The maximum atomic E-state index is 6.26. The van der Waals surface area contributed by atoms with E-state index < -0.39 is 0 Å². The summed E-state index contributed by atoms with van der Waals surface area (Å²) in [5, 5.41) is 7.87. The van der Waals surface area contributed by atoms with Gasteiger partial charge in [0.15, 0.2) is 11.5 Å². The molecule has 3 heteroatoms. The fourth-order valence-electron chi connectivity index (χ4n) is 3.41. The van der Waals surface area contributed by atoms with Gasteiger partial charge in [0.2, 0.25) is 0 Å². The van der Waals surface area contributed by atoms with Crippen molar-refractivity contribution in [3.63, 3.8) is 0 Å². The molecule has 0 fully saturated rings. The Balaban J connectivity index is 2.02. The highest BCUT2D eigenvalue weighted by Gasteiger charge is 2.17. The number of hydrogen-bond donors (Lipinski definition) is 1. The van der Waals surface area contributed by atoms with Crippen molar-refractivity contribution in [3.8, 4) is 11.5 Å². The van der Waals surface area contributed by atoms with E-state index in [1.165, 1.54) is 16.2 Å². The number of fused-ring (bicyclic) bond motifs is 4. The number of aryl methyl sites for hydroxylation is 1. The van der Waals surface area contributed by atoms with Gasteiger partial charge in [0.1, 0.15) is 11.0 Å². The summed E-state index contributed by atoms with van der Waals surface area (Å²) in [4.78, 5) is 4.93. The molecule has 1 aliphatic rings. The molecule has 25 heavy (non-hydrogen) atoms. The lowest BCUT2D eigenvalue weighted by atomic mass is 10.0. The fourth-order valence-corrected chi connectivity index (χ4v) is 3.41. The number of rotatable bonds is 3. The van der Waals surface area contributed by atoms with E-state index in [-0.39, 0.29) is 0 Å². The molecule has 126 valence electrons. The van der Waals surface area contributed by atoms with Crippen LogP contribution in [-0.2, 0) is 0 Å². The van der Waals surface area contributed by atoms with E-state index >= 15 is 0 Å². The molecular weight excluding hydrogens is 308 g/mol. The van der Waals surface area contributed by atoms with Gasteiger partial charge in [-0.3, -0.25) is 0 Å². The van der Waals surface area contributed by atoms with Crippen LogP contribution in [0.4, 0.5) is 11.4 Å². The van der Waals surface area contributed by atoms with Gasteiger partial charge in [-0.1, -0.05) is 37.3 Å². The summed E-state index contributed by atoms with van der Waals surface area (Å²) in [6.45, 7) is 7.23. The molecule has 0 aliphatic carbocycles. The minimum absolute atomic E-state index is 0.812. The summed E-state index contributed by atoms with van der Waals surface area (Å²) in [5.74, 6) is 1.64. The Bertz CT molecular complexity index is 1080. The lowest BCUT2D eigenvalue weighted by Crippen LogP contribution is -2.17. The summed E-state index contributed by atoms with van der Waals surface area (Å²) < 4.78 is 6.26. The molecule has 4 rings (SSSR count). The highest BCUT2D eigenvalue weighted by Crippen LogP contribution is 2.38. The number of anilines is 1. The molecule has 1 heterocycles. The molecule has 0 unspecified atom stereocenters. The topological polar surface area (TPSA) is 33.6 Å². The zero-order valence-electron chi connectivity index (χ0n) is 14.9. The Morgan fingerprint density at radius 2 is 1.84 bits per heavy atom. The van der Waals surface area contributed by atoms with Crippen LogP contribution in [0.3, 0.4) is 0 Å². The summed E-state index contributed by atoms with van der Waals surface area (Å²) in [6, 6.07) is 14.7. The molecule has 0 saturated carbocycles. The molecule has 0 spiro atoms. The van der Waals surface area contributed by atoms with Gasteiger partial charge in [-0.15, -0.1) is 0 Å². The SMILES string of the molecule is CC/C=c1\cc2c(c3ccccc13)=Nc1cc(C)c(NCC)cc1O2. The van der Waals surface area contributed by atoms with Crippen LogP contribution < -0.4 is 20.6 Å². The first-order valence-electron chi connectivity index (χ1n) is 8.88. The van der Waals surface area contributed by atoms with Gasteiger partial charge >= 0.3 is 0 Å². The van der Waals surface area contributed by atoms with Crippen molar-refractivity contribution in [2.75, 3.05) is 11.9 Å². The Kier molecular flexibility index (Phi) is 3.92. The second-order valence-electron chi connectivity index (χ2n) is 6.35. The highest BCUT2D eigenvalue weighted by molar-refractivity contribution is 5.85. The van der Waals surface area contributed by atoms with Gasteiger partial charge in [0, 0.05) is 23.7 Å². The molecular formula is C22H22N2O. The average Bonchev–Trinajstić information content (AvgIpc) is 2.62. The second-order valence-corrected chi connectivity index (χ2v) is 6.35. The van der Waals surface area contributed by atoms with Crippen LogP contribution >= 0.6 is 0 Å². The van der Waals surface area contributed by atoms with Crippen molar-refractivity contribution in [1.29, 1.82) is 0 Å². The van der Waals surface area contributed by atoms with Gasteiger partial charge in [-0.25, -0.2) is 4.99 Å². The van der Waals surface area contributed by atoms with Gasteiger partial charge in [0.25, 0.3) is 0 Å². The van der Waals surface area contributed by atoms with E-state index in [0.29, 0.717) is 0 Å². The minimum Gasteiger partial charge on any atom is -0.453 e. The van der Waals surface area contributed by atoms with Crippen LogP contribution in [0, 0.1) is 6.92 Å². The molecule has 3 aromatic carbocycles. The molecule has 0 radical (unpaired) electrons. The fraction of sp³-hybridized carbons (Fsp3) is 0.227. The van der Waals surface area contributed by atoms with E-state index in [0.717, 1.165) is 46.6 Å². The predicted octanol–water partition coefficient (Wildman–Crippen LogP) is 4.83. The standard InChI is InChI=1S/C22H22N2O/c1-4-8-15-12-21-22(17-10-7-6-9-16(15)17)24-19-11-14(3)18(23-5-2)13-20(19)25-21/h6-13,23H,4-5H2,1-3H3/b15-8+. The maximum Gasteiger partial charge on any atom is 0.155 e. The zero-order valence-corrected chi connectivity index (χ0v) is 14.9. The lowest BCUT2D eigenvalue weighted by molar-refractivity contribution is 0.471. The molecule has 3 nitrogen and oxygen atoms in total. The molecule has 1 aliphatic heterocycles. The van der Waals surface area contributed by atoms with Crippen LogP contribution in [0.2, 0.25) is 0 Å². The van der Waals surface area contributed by atoms with Gasteiger partial charge in [-0.05, 0) is 48.6 Å². The van der Waals surface area contributed by atoms with Crippen molar-refractivity contribution in [3.05, 3.63) is 58.6 Å².